The number of hydrogen-bond donors (Lipinski definition) is 0. The highest BCUT2D eigenvalue weighted by molar-refractivity contribution is 6.43. The van der Waals surface area contributed by atoms with Gasteiger partial charge < -0.3 is 13.6 Å². The Morgan fingerprint density at radius 1 is 1.24 bits per heavy atom. The molecule has 0 aromatic heterocycles. The quantitative estimate of drug-likeness (QED) is 0.527. The molecule has 0 N–H and O–H groups in total. The fraction of sp³-hybridized carbons (Fsp3) is 0.538. The van der Waals surface area contributed by atoms with E-state index in [1.54, 1.807) is 7.11 Å². The van der Waals surface area contributed by atoms with E-state index in [1.807, 2.05) is 25.1 Å². The Hall–Kier alpha value is -0.683. The van der Waals surface area contributed by atoms with Crippen LogP contribution in [0.4, 0.5) is 0 Å². The Labute approximate surface area is 106 Å². The zero-order valence-corrected chi connectivity index (χ0v) is 12.0. The largest absolute Gasteiger partial charge is 0.396 e. The number of rotatable bonds is 8. The molecule has 4 heteroatoms. The normalized spacial score (nSPS) is 14.5. The summed E-state index contributed by atoms with van der Waals surface area (Å²) in [6.07, 6.45) is 0.829. The van der Waals surface area contributed by atoms with Crippen molar-refractivity contribution in [1.29, 1.82) is 0 Å². The summed E-state index contributed by atoms with van der Waals surface area (Å²) in [5, 5.41) is 0. The zero-order chi connectivity index (χ0) is 12.5. The zero-order valence-electron chi connectivity index (χ0n) is 10.9. The average Bonchev–Trinajstić information content (AvgIpc) is 2.37. The minimum absolute atomic E-state index is 0.188. The fourth-order valence-electron chi connectivity index (χ4n) is 1.47. The van der Waals surface area contributed by atoms with Gasteiger partial charge in [-0.3, -0.25) is 0 Å². The van der Waals surface area contributed by atoms with E-state index in [1.165, 1.54) is 5.56 Å². The van der Waals surface area contributed by atoms with Gasteiger partial charge in [0.15, 0.2) is 0 Å². The third-order valence-corrected chi connectivity index (χ3v) is 4.53. The maximum absolute atomic E-state index is 5.80. The van der Waals surface area contributed by atoms with Crippen LogP contribution in [0.2, 0.25) is 0 Å². The van der Waals surface area contributed by atoms with E-state index >= 15 is 0 Å². The van der Waals surface area contributed by atoms with Crippen LogP contribution in [-0.2, 0) is 19.6 Å². The maximum atomic E-state index is 5.80. The van der Waals surface area contributed by atoms with Crippen molar-refractivity contribution in [3.05, 3.63) is 35.9 Å². The molecule has 0 amide bonds. The molecule has 1 aromatic carbocycles. The van der Waals surface area contributed by atoms with Gasteiger partial charge in [0.25, 0.3) is 0 Å². The van der Waals surface area contributed by atoms with E-state index < -0.39 is 9.28 Å². The molecule has 2 unspecified atom stereocenters. The van der Waals surface area contributed by atoms with Crippen LogP contribution >= 0.6 is 0 Å². The second-order valence-electron chi connectivity index (χ2n) is 3.93. The molecule has 0 aliphatic carbocycles. The molecule has 0 aliphatic rings. The number of methoxy groups -OCH3 is 1. The van der Waals surface area contributed by atoms with Crippen LogP contribution < -0.4 is 0 Å². The molecule has 0 saturated carbocycles. The van der Waals surface area contributed by atoms with Crippen molar-refractivity contribution in [2.24, 2.45) is 0 Å². The number of ether oxygens (including phenoxy) is 1. The molecule has 3 nitrogen and oxygen atoms in total. The molecule has 2 atom stereocenters. The van der Waals surface area contributed by atoms with Crippen LogP contribution in [0.15, 0.2) is 30.3 Å². The second kappa shape index (κ2) is 8.41. The summed E-state index contributed by atoms with van der Waals surface area (Å²) in [6.45, 7) is 4.77. The fourth-order valence-corrected chi connectivity index (χ4v) is 3.46. The topological polar surface area (TPSA) is 27.7 Å². The summed E-state index contributed by atoms with van der Waals surface area (Å²) in [5.41, 5.74) is 1.27. The molecule has 1 aromatic rings. The molecule has 96 valence electrons. The Balaban J connectivity index is 2.50. The summed E-state index contributed by atoms with van der Waals surface area (Å²) in [7, 11) is -0.0273. The van der Waals surface area contributed by atoms with Crippen LogP contribution in [0.1, 0.15) is 25.8 Å². The van der Waals surface area contributed by atoms with Crippen LogP contribution in [0.3, 0.4) is 0 Å². The van der Waals surface area contributed by atoms with Gasteiger partial charge in [0.2, 0.25) is 0 Å². The average molecular weight is 254 g/mol. The van der Waals surface area contributed by atoms with Gasteiger partial charge in [-0.1, -0.05) is 37.3 Å². The van der Waals surface area contributed by atoms with Crippen molar-refractivity contribution in [2.45, 2.75) is 32.6 Å². The molecule has 0 spiro atoms. The first-order valence-electron chi connectivity index (χ1n) is 6.10. The van der Waals surface area contributed by atoms with E-state index in [0.29, 0.717) is 0 Å². The van der Waals surface area contributed by atoms with Gasteiger partial charge in [0.05, 0.1) is 0 Å². The van der Waals surface area contributed by atoms with Crippen molar-refractivity contribution in [2.75, 3.05) is 13.7 Å². The summed E-state index contributed by atoms with van der Waals surface area (Å²) >= 11 is 0. The van der Waals surface area contributed by atoms with Gasteiger partial charge in [0.1, 0.15) is 6.29 Å². The first-order valence-corrected chi connectivity index (χ1v) is 7.86. The van der Waals surface area contributed by atoms with Gasteiger partial charge in [-0.25, -0.2) is 0 Å². The summed E-state index contributed by atoms with van der Waals surface area (Å²) < 4.78 is 16.7. The first-order chi connectivity index (χ1) is 8.26. The molecule has 0 heterocycles. The Morgan fingerprint density at radius 3 is 2.53 bits per heavy atom. The van der Waals surface area contributed by atoms with Crippen molar-refractivity contribution in [1.82, 2.24) is 0 Å². The lowest BCUT2D eigenvalue weighted by atomic mass is 10.2. The van der Waals surface area contributed by atoms with Crippen molar-refractivity contribution < 1.29 is 13.6 Å². The predicted molar refractivity (Wildman–Crippen MR) is 71.1 cm³/mol. The van der Waals surface area contributed by atoms with E-state index in [0.717, 1.165) is 19.1 Å². The lowest BCUT2D eigenvalue weighted by Crippen LogP contribution is -2.31. The summed E-state index contributed by atoms with van der Waals surface area (Å²) in [5.74, 6) is 0. The van der Waals surface area contributed by atoms with Crippen molar-refractivity contribution >= 4 is 9.28 Å². The van der Waals surface area contributed by atoms with E-state index in [-0.39, 0.29) is 6.29 Å². The Morgan fingerprint density at radius 2 is 1.94 bits per heavy atom. The lowest BCUT2D eigenvalue weighted by molar-refractivity contribution is -0.0555. The highest BCUT2D eigenvalue weighted by Gasteiger charge is 2.17. The van der Waals surface area contributed by atoms with Gasteiger partial charge in [-0.15, -0.1) is 0 Å². The minimum atomic E-state index is -1.68. The monoisotopic (exact) mass is 254 g/mol. The smallest absolute Gasteiger partial charge is 0.327 e. The molecule has 0 fully saturated rings. The van der Waals surface area contributed by atoms with Crippen molar-refractivity contribution in [3.8, 4) is 0 Å². The van der Waals surface area contributed by atoms with E-state index in [9.17, 15) is 0 Å². The molecular weight excluding hydrogens is 232 g/mol. The minimum Gasteiger partial charge on any atom is -0.396 e. The molecule has 0 radical (unpaired) electrons. The second-order valence-corrected chi connectivity index (χ2v) is 5.80. The summed E-state index contributed by atoms with van der Waals surface area (Å²) in [6, 6.07) is 11.2. The molecular formula is C13H22O3Si. The third kappa shape index (κ3) is 5.98. The van der Waals surface area contributed by atoms with Gasteiger partial charge >= 0.3 is 9.28 Å². The molecule has 0 saturated heterocycles. The van der Waals surface area contributed by atoms with E-state index in [2.05, 4.69) is 19.1 Å². The predicted octanol–water partition coefficient (Wildman–Crippen LogP) is 2.42. The maximum Gasteiger partial charge on any atom is 0.327 e. The van der Waals surface area contributed by atoms with Gasteiger partial charge in [-0.2, -0.15) is 0 Å². The van der Waals surface area contributed by atoms with Crippen LogP contribution in [0.5, 0.6) is 0 Å². The highest BCUT2D eigenvalue weighted by atomic mass is 28.3. The van der Waals surface area contributed by atoms with Gasteiger partial charge in [0, 0.05) is 19.8 Å². The van der Waals surface area contributed by atoms with Crippen LogP contribution in [0, 0.1) is 0 Å². The Kier molecular flexibility index (Phi) is 7.12. The lowest BCUT2D eigenvalue weighted by Gasteiger charge is -2.20. The van der Waals surface area contributed by atoms with Crippen LogP contribution in [0.25, 0.3) is 0 Å². The van der Waals surface area contributed by atoms with Crippen LogP contribution in [-0.4, -0.2) is 29.3 Å². The molecule has 17 heavy (non-hydrogen) atoms. The molecule has 0 aliphatic heterocycles. The molecule has 1 rings (SSSR count). The standard InChI is InChI=1S/C13H22O3Si/c1-4-10-15-17(16-12(2)14-3)11-13-8-6-5-7-9-13/h5-9,12,17H,4,10-11H2,1-3H3. The van der Waals surface area contributed by atoms with Crippen molar-refractivity contribution in [3.63, 3.8) is 0 Å². The first kappa shape index (κ1) is 14.4. The third-order valence-electron chi connectivity index (χ3n) is 2.43. The summed E-state index contributed by atoms with van der Waals surface area (Å²) in [4.78, 5) is 0. The number of benzene rings is 1. The Bertz CT molecular complexity index is 292. The number of hydrogen-bond acceptors (Lipinski definition) is 3. The van der Waals surface area contributed by atoms with E-state index in [4.69, 9.17) is 13.6 Å². The highest BCUT2D eigenvalue weighted by Crippen LogP contribution is 2.07. The SMILES string of the molecule is CCCO[SiH](Cc1ccccc1)OC(C)OC. The van der Waals surface area contributed by atoms with Gasteiger partial charge in [-0.05, 0) is 18.9 Å². The molecule has 0 bridgehead atoms.